The summed E-state index contributed by atoms with van der Waals surface area (Å²) in [6.07, 6.45) is 1.03. The molecule has 0 fully saturated rings. The Balaban J connectivity index is 2.68. The number of benzene rings is 1. The van der Waals surface area contributed by atoms with Crippen LogP contribution in [0.4, 0.5) is 10.1 Å². The van der Waals surface area contributed by atoms with Gasteiger partial charge in [0.25, 0.3) is 0 Å². The molecule has 1 aliphatic rings. The van der Waals surface area contributed by atoms with Gasteiger partial charge in [-0.25, -0.2) is 0 Å². The third-order valence-corrected chi connectivity index (χ3v) is 3.69. The van der Waals surface area contributed by atoms with Crippen molar-refractivity contribution in [3.63, 3.8) is 0 Å². The lowest BCUT2D eigenvalue weighted by molar-refractivity contribution is -0.441. The Morgan fingerprint density at radius 3 is 2.62 bits per heavy atom. The molecule has 1 nitrogen and oxygen atoms in total. The molecule has 0 atom stereocenters. The summed E-state index contributed by atoms with van der Waals surface area (Å²) in [5, 5.41) is 0. The average molecular weight is 219 g/mol. The molecule has 16 heavy (non-hydrogen) atoms. The minimum Gasteiger partial charge on any atom is -0.200 e. The number of para-hydroxylation sites is 1. The number of halogens is 1. The topological polar surface area (TPSA) is 3.01 Å². The zero-order valence-electron chi connectivity index (χ0n) is 10.5. The molecule has 0 unspecified atom stereocenters. The van der Waals surface area contributed by atoms with Gasteiger partial charge < -0.3 is 0 Å². The molecule has 0 amide bonds. The number of fused-ring (bicyclic) bond motifs is 1. The molecule has 0 saturated carbocycles. The molecular formula is C14H19FN+. The Hall–Kier alpha value is -1.18. The molecule has 0 radical (unpaired) electrons. The Bertz CT molecular complexity index is 458. The molecule has 0 bridgehead atoms. The number of hydrogen-bond donors (Lipinski definition) is 0. The molecule has 0 saturated heterocycles. The fourth-order valence-electron chi connectivity index (χ4n) is 2.50. The van der Waals surface area contributed by atoms with Crippen molar-refractivity contribution in [1.82, 2.24) is 0 Å². The second-order valence-electron chi connectivity index (χ2n) is 5.00. The maximum Gasteiger partial charge on any atom is 0.245 e. The lowest BCUT2D eigenvalue weighted by atomic mass is 9.82. The summed E-state index contributed by atoms with van der Waals surface area (Å²) in [7, 11) is 0. The van der Waals surface area contributed by atoms with Gasteiger partial charge in [0.05, 0.1) is 5.41 Å². The highest BCUT2D eigenvalue weighted by Gasteiger charge is 2.44. The summed E-state index contributed by atoms with van der Waals surface area (Å²) < 4.78 is 16.1. The van der Waals surface area contributed by atoms with Crippen molar-refractivity contribution >= 4 is 11.4 Å². The van der Waals surface area contributed by atoms with Gasteiger partial charge in [0, 0.05) is 18.9 Å². The Morgan fingerprint density at radius 2 is 2.00 bits per heavy atom. The molecule has 2 rings (SSSR count). The van der Waals surface area contributed by atoms with E-state index in [1.54, 1.807) is 12.1 Å². The van der Waals surface area contributed by atoms with Crippen LogP contribution in [0.2, 0.25) is 0 Å². The van der Waals surface area contributed by atoms with Crippen molar-refractivity contribution in [2.75, 3.05) is 6.54 Å². The van der Waals surface area contributed by atoms with Crippen LogP contribution < -0.4 is 0 Å². The summed E-state index contributed by atoms with van der Waals surface area (Å²) >= 11 is 0. The van der Waals surface area contributed by atoms with E-state index in [4.69, 9.17) is 0 Å². The maximum absolute atomic E-state index is 13.9. The van der Waals surface area contributed by atoms with Gasteiger partial charge in [-0.2, -0.15) is 8.97 Å². The molecule has 86 valence electrons. The number of nitrogens with zero attached hydrogens (tertiary/aromatic N) is 1. The van der Waals surface area contributed by atoms with Crippen molar-refractivity contribution in [1.29, 1.82) is 0 Å². The van der Waals surface area contributed by atoms with Crippen molar-refractivity contribution in [3.8, 4) is 0 Å². The largest absolute Gasteiger partial charge is 0.245 e. The molecular weight excluding hydrogens is 200 g/mol. The van der Waals surface area contributed by atoms with Crippen LogP contribution in [0.25, 0.3) is 0 Å². The van der Waals surface area contributed by atoms with Gasteiger partial charge in [0.15, 0.2) is 11.5 Å². The third kappa shape index (κ3) is 1.40. The summed E-state index contributed by atoms with van der Waals surface area (Å²) in [4.78, 5) is 0. The summed E-state index contributed by atoms with van der Waals surface area (Å²) in [6.45, 7) is 9.45. The Kier molecular flexibility index (Phi) is 2.61. The summed E-state index contributed by atoms with van der Waals surface area (Å²) in [5.74, 6) is -0.101. The second-order valence-corrected chi connectivity index (χ2v) is 5.00. The smallest absolute Gasteiger partial charge is 0.200 e. The highest BCUT2D eigenvalue weighted by atomic mass is 18.2. The number of hydrogen-bond acceptors (Lipinski definition) is 0. The van der Waals surface area contributed by atoms with Gasteiger partial charge in [-0.05, 0) is 19.9 Å². The summed E-state index contributed by atoms with van der Waals surface area (Å²) in [5.41, 5.74) is 3.09. The molecule has 0 N–H and O–H groups in total. The van der Waals surface area contributed by atoms with Gasteiger partial charge in [-0.15, -0.1) is 0 Å². The SMILES string of the molecule is CCC[N+]1=C(C)C(C)(C)c2cccc([18F])c21. The van der Waals surface area contributed by atoms with Crippen LogP contribution in [0.5, 0.6) is 0 Å². The molecule has 2 heteroatoms. The quantitative estimate of drug-likeness (QED) is 0.668. The van der Waals surface area contributed by atoms with Crippen LogP contribution in [0.1, 0.15) is 39.7 Å². The van der Waals surface area contributed by atoms with E-state index in [1.807, 2.05) is 6.07 Å². The monoisotopic (exact) mass is 219 g/mol. The summed E-state index contributed by atoms with van der Waals surface area (Å²) in [6, 6.07) is 5.40. The van der Waals surface area contributed by atoms with Gasteiger partial charge in [0.1, 0.15) is 6.54 Å². The van der Waals surface area contributed by atoms with Crippen LogP contribution in [0, 0.1) is 5.82 Å². The van der Waals surface area contributed by atoms with E-state index in [1.165, 1.54) is 5.71 Å². The van der Waals surface area contributed by atoms with Gasteiger partial charge >= 0.3 is 0 Å². The van der Waals surface area contributed by atoms with Crippen LogP contribution in [-0.4, -0.2) is 16.8 Å². The van der Waals surface area contributed by atoms with E-state index in [0.29, 0.717) is 0 Å². The van der Waals surface area contributed by atoms with Crippen molar-refractivity contribution in [3.05, 3.63) is 29.6 Å². The molecule has 1 heterocycles. The van der Waals surface area contributed by atoms with Crippen molar-refractivity contribution in [2.45, 2.75) is 39.5 Å². The molecule has 0 aromatic heterocycles. The van der Waals surface area contributed by atoms with Crippen molar-refractivity contribution in [2.24, 2.45) is 0 Å². The number of rotatable bonds is 2. The molecule has 1 aliphatic heterocycles. The highest BCUT2D eigenvalue weighted by Crippen LogP contribution is 2.40. The van der Waals surface area contributed by atoms with Gasteiger partial charge in [0.2, 0.25) is 5.69 Å². The molecule has 0 aliphatic carbocycles. The predicted octanol–water partition coefficient (Wildman–Crippen LogP) is 3.63. The standard InChI is InChI=1S/C14H19FN/c1-5-9-16-10(2)14(3,4)11-7-6-8-12(15)13(11)16/h6-8H,5,9H2,1-4H3/q+1/i15-1. The Morgan fingerprint density at radius 1 is 1.31 bits per heavy atom. The van der Waals surface area contributed by atoms with E-state index in [9.17, 15) is 4.39 Å². The molecule has 1 aromatic carbocycles. The first-order valence-electron chi connectivity index (χ1n) is 5.90. The maximum atomic E-state index is 13.9. The first-order chi connectivity index (χ1) is 7.50. The van der Waals surface area contributed by atoms with E-state index in [2.05, 4.69) is 32.3 Å². The fourth-order valence-corrected chi connectivity index (χ4v) is 2.50. The van der Waals surface area contributed by atoms with Gasteiger partial charge in [-0.1, -0.05) is 19.1 Å². The van der Waals surface area contributed by atoms with E-state index in [-0.39, 0.29) is 11.2 Å². The zero-order valence-corrected chi connectivity index (χ0v) is 10.5. The first kappa shape index (κ1) is 11.3. The Labute approximate surface area is 96.6 Å². The van der Waals surface area contributed by atoms with Crippen LogP contribution in [0.3, 0.4) is 0 Å². The van der Waals surface area contributed by atoms with Gasteiger partial charge in [-0.3, -0.25) is 0 Å². The molecule has 1 aromatic rings. The third-order valence-electron chi connectivity index (χ3n) is 3.69. The second kappa shape index (κ2) is 3.69. The highest BCUT2D eigenvalue weighted by molar-refractivity contribution is 5.93. The van der Waals surface area contributed by atoms with Crippen LogP contribution in [-0.2, 0) is 5.41 Å². The minimum absolute atomic E-state index is 0.0490. The lowest BCUT2D eigenvalue weighted by Crippen LogP contribution is -2.26. The van der Waals surface area contributed by atoms with Crippen LogP contribution >= 0.6 is 0 Å². The lowest BCUT2D eigenvalue weighted by Gasteiger charge is -2.14. The van der Waals surface area contributed by atoms with E-state index in [0.717, 1.165) is 24.2 Å². The van der Waals surface area contributed by atoms with E-state index >= 15 is 0 Å². The van der Waals surface area contributed by atoms with E-state index < -0.39 is 0 Å². The van der Waals surface area contributed by atoms with Crippen molar-refractivity contribution < 1.29 is 8.97 Å². The minimum atomic E-state index is -0.101. The fraction of sp³-hybridized carbons (Fsp3) is 0.500. The predicted molar refractivity (Wildman–Crippen MR) is 65.2 cm³/mol. The normalized spacial score (nSPS) is 17.8. The average Bonchev–Trinajstić information content (AvgIpc) is 2.42. The zero-order chi connectivity index (χ0) is 11.9. The first-order valence-corrected chi connectivity index (χ1v) is 5.90. The molecule has 0 spiro atoms. The van der Waals surface area contributed by atoms with Crippen LogP contribution in [0.15, 0.2) is 18.2 Å².